The van der Waals surface area contributed by atoms with Crippen LogP contribution in [0.25, 0.3) is 0 Å². The number of benzene rings is 1. The summed E-state index contributed by atoms with van der Waals surface area (Å²) in [6, 6.07) is 4.13. The molecule has 1 aromatic carbocycles. The van der Waals surface area contributed by atoms with Gasteiger partial charge in [0.05, 0.1) is 6.10 Å². The molecule has 2 atom stereocenters. The molecule has 0 saturated heterocycles. The molecule has 2 nitrogen and oxygen atoms in total. The molecule has 96 valence electrons. The van der Waals surface area contributed by atoms with Gasteiger partial charge in [0.1, 0.15) is 5.82 Å². The lowest BCUT2D eigenvalue weighted by Crippen LogP contribution is -2.09. The number of rotatable bonds is 5. The van der Waals surface area contributed by atoms with Gasteiger partial charge in [-0.1, -0.05) is 20.8 Å². The van der Waals surface area contributed by atoms with Crippen LogP contribution in [0, 0.1) is 17.7 Å². The number of hydrogen-bond acceptors (Lipinski definition) is 2. The smallest absolute Gasteiger partial charge is 0.123 e. The molecule has 0 bridgehead atoms. The summed E-state index contributed by atoms with van der Waals surface area (Å²) in [6.07, 6.45) is 0.984. The Morgan fingerprint density at radius 1 is 1.24 bits per heavy atom. The molecule has 0 fully saturated rings. The fourth-order valence-corrected chi connectivity index (χ4v) is 2.24. The molecule has 0 aliphatic heterocycles. The number of aliphatic hydroxyl groups is 1. The molecular formula is C14H22FNO. The van der Waals surface area contributed by atoms with E-state index in [1.165, 1.54) is 18.2 Å². The summed E-state index contributed by atoms with van der Waals surface area (Å²) in [5.41, 5.74) is 6.70. The SMILES string of the molecule is CC(C)CC(C)CC(O)c1cc(F)ccc1N. The van der Waals surface area contributed by atoms with E-state index in [1.807, 2.05) is 0 Å². The van der Waals surface area contributed by atoms with E-state index in [4.69, 9.17) is 5.73 Å². The summed E-state index contributed by atoms with van der Waals surface area (Å²) in [7, 11) is 0. The van der Waals surface area contributed by atoms with E-state index < -0.39 is 6.10 Å². The van der Waals surface area contributed by atoms with Gasteiger partial charge in [-0.2, -0.15) is 0 Å². The average Bonchev–Trinajstić information content (AvgIpc) is 2.20. The van der Waals surface area contributed by atoms with Crippen LogP contribution in [0.5, 0.6) is 0 Å². The van der Waals surface area contributed by atoms with Gasteiger partial charge in [0.25, 0.3) is 0 Å². The van der Waals surface area contributed by atoms with Gasteiger partial charge in [-0.05, 0) is 42.9 Å². The average molecular weight is 239 g/mol. The second kappa shape index (κ2) is 6.01. The van der Waals surface area contributed by atoms with Crippen LogP contribution in [0.3, 0.4) is 0 Å². The van der Waals surface area contributed by atoms with Crippen molar-refractivity contribution in [2.75, 3.05) is 5.73 Å². The highest BCUT2D eigenvalue weighted by molar-refractivity contribution is 5.47. The number of nitrogens with two attached hydrogens (primary N) is 1. The molecule has 2 unspecified atom stereocenters. The first kappa shape index (κ1) is 14.0. The van der Waals surface area contributed by atoms with E-state index in [2.05, 4.69) is 20.8 Å². The first-order valence-corrected chi connectivity index (χ1v) is 6.13. The third-order valence-corrected chi connectivity index (χ3v) is 2.91. The lowest BCUT2D eigenvalue weighted by atomic mass is 9.91. The van der Waals surface area contributed by atoms with Crippen LogP contribution in [0.2, 0.25) is 0 Å². The quantitative estimate of drug-likeness (QED) is 0.772. The fraction of sp³-hybridized carbons (Fsp3) is 0.571. The molecule has 0 aliphatic carbocycles. The Morgan fingerprint density at radius 3 is 2.47 bits per heavy atom. The van der Waals surface area contributed by atoms with E-state index in [0.717, 1.165) is 6.42 Å². The number of hydrogen-bond donors (Lipinski definition) is 2. The van der Waals surface area contributed by atoms with E-state index in [-0.39, 0.29) is 5.82 Å². The van der Waals surface area contributed by atoms with Gasteiger partial charge in [0, 0.05) is 11.3 Å². The van der Waals surface area contributed by atoms with Gasteiger partial charge in [0.2, 0.25) is 0 Å². The van der Waals surface area contributed by atoms with Crippen molar-refractivity contribution in [2.45, 2.75) is 39.7 Å². The second-order valence-corrected chi connectivity index (χ2v) is 5.26. The zero-order valence-electron chi connectivity index (χ0n) is 10.8. The first-order valence-electron chi connectivity index (χ1n) is 6.13. The van der Waals surface area contributed by atoms with Gasteiger partial charge in [-0.25, -0.2) is 4.39 Å². The Labute approximate surface area is 103 Å². The third kappa shape index (κ3) is 4.35. The lowest BCUT2D eigenvalue weighted by Gasteiger charge is -2.19. The highest BCUT2D eigenvalue weighted by Gasteiger charge is 2.16. The van der Waals surface area contributed by atoms with Gasteiger partial charge < -0.3 is 10.8 Å². The predicted octanol–water partition coefficient (Wildman–Crippen LogP) is 3.51. The van der Waals surface area contributed by atoms with E-state index in [0.29, 0.717) is 29.5 Å². The molecule has 0 radical (unpaired) electrons. The van der Waals surface area contributed by atoms with Gasteiger partial charge in [-0.3, -0.25) is 0 Å². The minimum absolute atomic E-state index is 0.357. The van der Waals surface area contributed by atoms with Gasteiger partial charge in [0.15, 0.2) is 0 Å². The van der Waals surface area contributed by atoms with E-state index in [9.17, 15) is 9.50 Å². The maximum atomic E-state index is 13.1. The van der Waals surface area contributed by atoms with E-state index >= 15 is 0 Å². The molecule has 1 aromatic rings. The summed E-state index contributed by atoms with van der Waals surface area (Å²) in [4.78, 5) is 0. The van der Waals surface area contributed by atoms with E-state index in [1.54, 1.807) is 0 Å². The summed E-state index contributed by atoms with van der Waals surface area (Å²) in [5.74, 6) is 0.638. The van der Waals surface area contributed by atoms with Crippen molar-refractivity contribution in [2.24, 2.45) is 11.8 Å². The fourth-order valence-electron chi connectivity index (χ4n) is 2.24. The molecule has 0 heterocycles. The van der Waals surface area contributed by atoms with Crippen LogP contribution in [-0.2, 0) is 0 Å². The number of aliphatic hydroxyl groups excluding tert-OH is 1. The van der Waals surface area contributed by atoms with Crippen LogP contribution in [-0.4, -0.2) is 5.11 Å². The summed E-state index contributed by atoms with van der Waals surface area (Å²) in [5, 5.41) is 10.1. The van der Waals surface area contributed by atoms with Gasteiger partial charge in [-0.15, -0.1) is 0 Å². The van der Waals surface area contributed by atoms with Crippen LogP contribution < -0.4 is 5.73 Å². The largest absolute Gasteiger partial charge is 0.398 e. The Balaban J connectivity index is 2.69. The van der Waals surface area contributed by atoms with Crippen molar-refractivity contribution in [1.29, 1.82) is 0 Å². The Kier molecular flexibility index (Phi) is 4.94. The van der Waals surface area contributed by atoms with Crippen molar-refractivity contribution in [3.05, 3.63) is 29.6 Å². The predicted molar refractivity (Wildman–Crippen MR) is 69.0 cm³/mol. The zero-order valence-corrected chi connectivity index (χ0v) is 10.8. The molecule has 0 amide bonds. The maximum Gasteiger partial charge on any atom is 0.123 e. The molecule has 0 aromatic heterocycles. The molecule has 17 heavy (non-hydrogen) atoms. The number of nitrogen functional groups attached to an aromatic ring is 1. The molecule has 3 N–H and O–H groups in total. The van der Waals surface area contributed by atoms with Gasteiger partial charge >= 0.3 is 0 Å². The minimum atomic E-state index is -0.681. The Hall–Kier alpha value is -1.09. The van der Waals surface area contributed by atoms with Crippen LogP contribution in [0.4, 0.5) is 10.1 Å². The monoisotopic (exact) mass is 239 g/mol. The highest BCUT2D eigenvalue weighted by Crippen LogP contribution is 2.28. The molecule has 0 aliphatic rings. The highest BCUT2D eigenvalue weighted by atomic mass is 19.1. The maximum absolute atomic E-state index is 13.1. The van der Waals surface area contributed by atoms with Crippen molar-refractivity contribution >= 4 is 5.69 Å². The molecule has 1 rings (SSSR count). The standard InChI is InChI=1S/C14H22FNO/c1-9(2)6-10(3)7-14(17)12-8-11(15)4-5-13(12)16/h4-5,8-10,14,17H,6-7,16H2,1-3H3. The molecular weight excluding hydrogens is 217 g/mol. The Bertz CT molecular complexity index is 365. The number of halogens is 1. The first-order chi connectivity index (χ1) is 7.90. The van der Waals surface area contributed by atoms with Crippen LogP contribution in [0.15, 0.2) is 18.2 Å². The topological polar surface area (TPSA) is 46.2 Å². The summed E-state index contributed by atoms with van der Waals surface area (Å²) >= 11 is 0. The Morgan fingerprint density at radius 2 is 1.88 bits per heavy atom. The van der Waals surface area contributed by atoms with Crippen LogP contribution >= 0.6 is 0 Å². The van der Waals surface area contributed by atoms with Crippen molar-refractivity contribution in [1.82, 2.24) is 0 Å². The molecule has 0 spiro atoms. The molecule has 0 saturated carbocycles. The van der Waals surface area contributed by atoms with Crippen molar-refractivity contribution < 1.29 is 9.50 Å². The molecule has 3 heteroatoms. The summed E-state index contributed by atoms with van der Waals surface area (Å²) < 4.78 is 13.1. The minimum Gasteiger partial charge on any atom is -0.398 e. The number of anilines is 1. The third-order valence-electron chi connectivity index (χ3n) is 2.91. The van der Waals surface area contributed by atoms with Crippen molar-refractivity contribution in [3.8, 4) is 0 Å². The van der Waals surface area contributed by atoms with Crippen molar-refractivity contribution in [3.63, 3.8) is 0 Å². The van der Waals surface area contributed by atoms with Crippen LogP contribution in [0.1, 0.15) is 45.3 Å². The second-order valence-electron chi connectivity index (χ2n) is 5.26. The zero-order chi connectivity index (χ0) is 13.0. The normalized spacial score (nSPS) is 14.9. The summed E-state index contributed by atoms with van der Waals surface area (Å²) in [6.45, 7) is 6.40. The lowest BCUT2D eigenvalue weighted by molar-refractivity contribution is 0.142.